The van der Waals surface area contributed by atoms with Crippen LogP contribution in [0.25, 0.3) is 21.3 Å². The Labute approximate surface area is 166 Å². The third-order valence-electron chi connectivity index (χ3n) is 4.37. The van der Waals surface area contributed by atoms with Crippen molar-refractivity contribution in [3.05, 3.63) is 65.8 Å². The number of fused-ring (bicyclic) bond motifs is 1. The Hall–Kier alpha value is -3.45. The molecule has 2 amide bonds. The summed E-state index contributed by atoms with van der Waals surface area (Å²) >= 11 is 1.64. The molecule has 2 aromatic carbocycles. The predicted molar refractivity (Wildman–Crippen MR) is 116 cm³/mol. The summed E-state index contributed by atoms with van der Waals surface area (Å²) in [6.45, 7) is 2.11. The Morgan fingerprint density at radius 3 is 2.36 bits per heavy atom. The zero-order valence-electron chi connectivity index (χ0n) is 15.3. The number of benzene rings is 2. The molecule has 0 radical (unpaired) electrons. The third-order valence-corrected chi connectivity index (χ3v) is 5.62. The fourth-order valence-electron chi connectivity index (χ4n) is 3.09. The quantitative estimate of drug-likeness (QED) is 0.450. The highest BCUT2D eigenvalue weighted by atomic mass is 32.1. The molecule has 4 rings (SSSR count). The second-order valence-corrected chi connectivity index (χ2v) is 7.30. The molecule has 0 aliphatic rings. The lowest BCUT2D eigenvalue weighted by Crippen LogP contribution is -2.19. The van der Waals surface area contributed by atoms with Gasteiger partial charge in [-0.15, -0.1) is 11.3 Å². The maximum Gasteiger partial charge on any atom is 0.323 e. The second kappa shape index (κ2) is 7.66. The fourth-order valence-corrected chi connectivity index (χ4v) is 4.20. The minimum absolute atomic E-state index is 0.285. The topological polar surface area (TPSA) is 92.9 Å². The van der Waals surface area contributed by atoms with Crippen LogP contribution in [0.2, 0.25) is 0 Å². The molecule has 0 spiro atoms. The predicted octanol–water partition coefficient (Wildman–Crippen LogP) is 5.15. The van der Waals surface area contributed by atoms with Gasteiger partial charge in [0.25, 0.3) is 0 Å². The number of nitrogens with two attached hydrogens (primary N) is 1. The Morgan fingerprint density at radius 2 is 1.68 bits per heavy atom. The van der Waals surface area contributed by atoms with E-state index in [2.05, 4.69) is 27.5 Å². The maximum atomic E-state index is 12.2. The number of carbonyl (C=O) groups is 1. The molecule has 28 heavy (non-hydrogen) atoms. The molecule has 0 aliphatic heterocycles. The van der Waals surface area contributed by atoms with Gasteiger partial charge in [0.2, 0.25) is 0 Å². The Morgan fingerprint density at radius 1 is 1.00 bits per heavy atom. The van der Waals surface area contributed by atoms with Crippen molar-refractivity contribution in [2.45, 2.75) is 13.3 Å². The summed E-state index contributed by atoms with van der Waals surface area (Å²) in [5.74, 6) is 0.486. The highest BCUT2D eigenvalue weighted by Gasteiger charge is 2.16. The van der Waals surface area contributed by atoms with Crippen molar-refractivity contribution in [2.75, 3.05) is 16.4 Å². The average molecular weight is 389 g/mol. The number of urea groups is 1. The van der Waals surface area contributed by atoms with Crippen molar-refractivity contribution in [3.8, 4) is 11.1 Å². The second-order valence-electron chi connectivity index (χ2n) is 6.22. The lowest BCUT2D eigenvalue weighted by atomic mass is 10.0. The summed E-state index contributed by atoms with van der Waals surface area (Å²) in [6, 6.07) is 16.7. The van der Waals surface area contributed by atoms with E-state index in [0.29, 0.717) is 11.5 Å². The van der Waals surface area contributed by atoms with E-state index in [4.69, 9.17) is 5.73 Å². The van der Waals surface area contributed by atoms with Gasteiger partial charge in [-0.1, -0.05) is 37.3 Å². The first kappa shape index (κ1) is 17.9. The normalized spacial score (nSPS) is 10.8. The van der Waals surface area contributed by atoms with E-state index >= 15 is 0 Å². The summed E-state index contributed by atoms with van der Waals surface area (Å²) in [7, 11) is 0. The largest absolute Gasteiger partial charge is 0.383 e. The van der Waals surface area contributed by atoms with Gasteiger partial charge in [-0.05, 0) is 36.2 Å². The lowest BCUT2D eigenvalue weighted by molar-refractivity contribution is 0.262. The maximum absolute atomic E-state index is 12.2. The van der Waals surface area contributed by atoms with Crippen LogP contribution in [0.1, 0.15) is 11.8 Å². The molecule has 4 N–H and O–H groups in total. The summed E-state index contributed by atoms with van der Waals surface area (Å²) in [5, 5.41) is 6.54. The molecule has 4 aromatic rings. The summed E-state index contributed by atoms with van der Waals surface area (Å²) < 4.78 is 0. The first-order valence-corrected chi connectivity index (χ1v) is 9.72. The van der Waals surface area contributed by atoms with Crippen LogP contribution in [0.5, 0.6) is 0 Å². The van der Waals surface area contributed by atoms with Gasteiger partial charge in [-0.3, -0.25) is 0 Å². The van der Waals surface area contributed by atoms with Crippen molar-refractivity contribution in [3.63, 3.8) is 0 Å². The third kappa shape index (κ3) is 3.52. The van der Waals surface area contributed by atoms with Crippen LogP contribution in [0.15, 0.2) is 60.9 Å². The van der Waals surface area contributed by atoms with Crippen LogP contribution in [-0.2, 0) is 6.42 Å². The van der Waals surface area contributed by atoms with Crippen LogP contribution in [0.4, 0.5) is 22.0 Å². The van der Waals surface area contributed by atoms with Crippen molar-refractivity contribution in [1.29, 1.82) is 0 Å². The molecule has 2 heterocycles. The molecule has 0 saturated carbocycles. The monoisotopic (exact) mass is 389 g/mol. The molecule has 6 nitrogen and oxygen atoms in total. The Balaban J connectivity index is 1.59. The molecule has 0 fully saturated rings. The smallest absolute Gasteiger partial charge is 0.323 e. The number of amides is 2. The van der Waals surface area contributed by atoms with Crippen molar-refractivity contribution in [2.24, 2.45) is 0 Å². The number of hydrogen-bond acceptors (Lipinski definition) is 5. The molecular formula is C21H19N5OS. The van der Waals surface area contributed by atoms with Crippen LogP contribution in [0, 0.1) is 0 Å². The minimum Gasteiger partial charge on any atom is -0.383 e. The number of thiophene rings is 1. The Kier molecular flexibility index (Phi) is 4.90. The van der Waals surface area contributed by atoms with Gasteiger partial charge in [-0.2, -0.15) is 0 Å². The molecule has 2 aromatic heterocycles. The number of nitrogens with zero attached hydrogens (tertiary/aromatic N) is 2. The van der Waals surface area contributed by atoms with E-state index in [0.717, 1.165) is 33.5 Å². The number of hydrogen-bond donors (Lipinski definition) is 3. The van der Waals surface area contributed by atoms with Gasteiger partial charge in [0.1, 0.15) is 17.0 Å². The lowest BCUT2D eigenvalue weighted by Gasteiger charge is -2.09. The molecule has 0 atom stereocenters. The highest BCUT2D eigenvalue weighted by Crippen LogP contribution is 2.40. The number of carbonyl (C=O) groups excluding carboxylic acids is 1. The number of nitrogen functional groups attached to an aromatic ring is 1. The summed E-state index contributed by atoms with van der Waals surface area (Å²) in [5.41, 5.74) is 9.67. The molecule has 0 unspecified atom stereocenters. The molecule has 140 valence electrons. The van der Waals surface area contributed by atoms with E-state index in [1.165, 1.54) is 11.2 Å². The van der Waals surface area contributed by atoms with Crippen molar-refractivity contribution >= 4 is 44.8 Å². The number of nitrogens with one attached hydrogen (secondary N) is 2. The summed E-state index contributed by atoms with van der Waals surface area (Å²) in [4.78, 5) is 22.8. The number of para-hydroxylation sites is 1. The molecule has 0 saturated heterocycles. The summed E-state index contributed by atoms with van der Waals surface area (Å²) in [6.07, 6.45) is 2.38. The molecule has 0 aliphatic carbocycles. The number of aromatic nitrogens is 2. The number of rotatable bonds is 4. The zero-order valence-corrected chi connectivity index (χ0v) is 16.1. The van der Waals surface area contributed by atoms with Gasteiger partial charge >= 0.3 is 6.03 Å². The van der Waals surface area contributed by atoms with Crippen LogP contribution >= 0.6 is 11.3 Å². The van der Waals surface area contributed by atoms with E-state index < -0.39 is 0 Å². The van der Waals surface area contributed by atoms with Gasteiger partial charge < -0.3 is 16.4 Å². The number of aryl methyl sites for hydroxylation is 1. The first-order valence-electron chi connectivity index (χ1n) is 8.91. The zero-order chi connectivity index (χ0) is 19.5. The van der Waals surface area contributed by atoms with Gasteiger partial charge in [0.15, 0.2) is 0 Å². The minimum atomic E-state index is -0.285. The van der Waals surface area contributed by atoms with Crippen molar-refractivity contribution in [1.82, 2.24) is 9.97 Å². The fraction of sp³-hybridized carbons (Fsp3) is 0.0952. The van der Waals surface area contributed by atoms with E-state index in [1.54, 1.807) is 11.3 Å². The Bertz CT molecular complexity index is 1120. The van der Waals surface area contributed by atoms with Crippen LogP contribution in [-0.4, -0.2) is 16.0 Å². The van der Waals surface area contributed by atoms with E-state index in [1.807, 2.05) is 54.6 Å². The number of anilines is 3. The van der Waals surface area contributed by atoms with E-state index in [-0.39, 0.29) is 6.03 Å². The molecule has 0 bridgehead atoms. The van der Waals surface area contributed by atoms with Gasteiger partial charge in [0.05, 0.1) is 5.39 Å². The van der Waals surface area contributed by atoms with Crippen molar-refractivity contribution < 1.29 is 4.79 Å². The van der Waals surface area contributed by atoms with E-state index in [9.17, 15) is 4.79 Å². The van der Waals surface area contributed by atoms with Crippen LogP contribution in [0.3, 0.4) is 0 Å². The SMILES string of the molecule is CCc1sc2ncnc(N)c2c1-c1ccc(NC(=O)Nc2ccccc2)cc1. The van der Waals surface area contributed by atoms with Gasteiger partial charge in [-0.25, -0.2) is 14.8 Å². The van der Waals surface area contributed by atoms with Crippen LogP contribution < -0.4 is 16.4 Å². The molecule has 7 heteroatoms. The first-order chi connectivity index (χ1) is 13.7. The standard InChI is InChI=1S/C21H19N5OS/c1-2-16-17(18-19(22)23-12-24-20(18)28-16)13-8-10-15(11-9-13)26-21(27)25-14-6-4-3-5-7-14/h3-12H,2H2,1H3,(H2,22,23,24)(H2,25,26,27). The average Bonchev–Trinajstić information content (AvgIpc) is 3.09. The van der Waals surface area contributed by atoms with Gasteiger partial charge in [0, 0.05) is 21.8 Å². The highest BCUT2D eigenvalue weighted by molar-refractivity contribution is 7.19. The molecular weight excluding hydrogens is 370 g/mol.